The summed E-state index contributed by atoms with van der Waals surface area (Å²) in [5.41, 5.74) is 0. The van der Waals surface area contributed by atoms with Crippen molar-refractivity contribution in [3.05, 3.63) is 0 Å². The van der Waals surface area contributed by atoms with E-state index in [1.807, 2.05) is 0 Å². The number of urea groups is 1. The Kier molecular flexibility index (Phi) is 5.65. The first kappa shape index (κ1) is 15.6. The fraction of sp³-hybridized carbons (Fsp3) is 0.923. The van der Waals surface area contributed by atoms with Crippen molar-refractivity contribution in [2.45, 2.75) is 63.8 Å². The van der Waals surface area contributed by atoms with Gasteiger partial charge in [-0.2, -0.15) is 12.7 Å². The Labute approximate surface area is 121 Å². The van der Waals surface area contributed by atoms with Gasteiger partial charge in [0, 0.05) is 19.1 Å². The minimum absolute atomic E-state index is 0.106. The van der Waals surface area contributed by atoms with Gasteiger partial charge in [-0.05, 0) is 25.7 Å². The van der Waals surface area contributed by atoms with Crippen LogP contribution in [0.1, 0.15) is 57.8 Å². The first-order valence-electron chi connectivity index (χ1n) is 7.66. The van der Waals surface area contributed by atoms with E-state index < -0.39 is 16.2 Å². The van der Waals surface area contributed by atoms with Crippen LogP contribution in [-0.4, -0.2) is 37.9 Å². The molecule has 1 heterocycles. The summed E-state index contributed by atoms with van der Waals surface area (Å²) in [7, 11) is -3.67. The molecule has 1 aliphatic heterocycles. The molecule has 2 fully saturated rings. The number of carbonyl (C=O) groups excluding carboxylic acids is 1. The molecule has 2 aliphatic rings. The highest BCUT2D eigenvalue weighted by Gasteiger charge is 2.26. The fourth-order valence-electron chi connectivity index (χ4n) is 2.93. The van der Waals surface area contributed by atoms with Crippen LogP contribution < -0.4 is 10.0 Å². The second-order valence-electron chi connectivity index (χ2n) is 5.73. The molecule has 0 radical (unpaired) electrons. The maximum Gasteiger partial charge on any atom is 0.329 e. The molecule has 1 saturated carbocycles. The number of hydrogen-bond donors (Lipinski definition) is 2. The molecule has 2 rings (SSSR count). The number of nitrogens with one attached hydrogen (secondary N) is 2. The molecule has 1 aliphatic carbocycles. The van der Waals surface area contributed by atoms with Crippen LogP contribution >= 0.6 is 0 Å². The second-order valence-corrected chi connectivity index (χ2v) is 7.40. The van der Waals surface area contributed by atoms with Crippen molar-refractivity contribution < 1.29 is 13.2 Å². The molecule has 0 atom stereocenters. The third kappa shape index (κ3) is 4.63. The van der Waals surface area contributed by atoms with Crippen LogP contribution in [0, 0.1) is 0 Å². The molecule has 0 aromatic carbocycles. The molecule has 7 heteroatoms. The Bertz CT molecular complexity index is 411. The predicted octanol–water partition coefficient (Wildman–Crippen LogP) is 1.74. The Hall–Kier alpha value is -0.820. The van der Waals surface area contributed by atoms with Gasteiger partial charge in [0.1, 0.15) is 0 Å². The van der Waals surface area contributed by atoms with Crippen molar-refractivity contribution in [1.29, 1.82) is 0 Å². The molecule has 2 amide bonds. The van der Waals surface area contributed by atoms with E-state index in [1.165, 1.54) is 17.1 Å². The van der Waals surface area contributed by atoms with Crippen LogP contribution in [0.5, 0.6) is 0 Å². The van der Waals surface area contributed by atoms with E-state index in [9.17, 15) is 13.2 Å². The van der Waals surface area contributed by atoms with Crippen LogP contribution in [0.4, 0.5) is 4.79 Å². The lowest BCUT2D eigenvalue weighted by atomic mass is 10.1. The third-order valence-corrected chi connectivity index (χ3v) is 5.56. The van der Waals surface area contributed by atoms with Crippen LogP contribution in [0.3, 0.4) is 0 Å². The molecule has 0 aromatic heterocycles. The highest BCUT2D eigenvalue weighted by molar-refractivity contribution is 7.87. The van der Waals surface area contributed by atoms with Gasteiger partial charge in [-0.25, -0.2) is 9.52 Å². The summed E-state index contributed by atoms with van der Waals surface area (Å²) in [5, 5.41) is 2.80. The highest BCUT2D eigenvalue weighted by atomic mass is 32.2. The van der Waals surface area contributed by atoms with E-state index in [1.54, 1.807) is 0 Å². The molecule has 6 nitrogen and oxygen atoms in total. The zero-order valence-electron chi connectivity index (χ0n) is 11.9. The Morgan fingerprint density at radius 3 is 2.05 bits per heavy atom. The summed E-state index contributed by atoms with van der Waals surface area (Å²) in [6, 6.07) is -0.475. The zero-order valence-corrected chi connectivity index (χ0v) is 12.8. The van der Waals surface area contributed by atoms with Crippen LogP contribution in [0.25, 0.3) is 0 Å². The van der Waals surface area contributed by atoms with Crippen molar-refractivity contribution >= 4 is 16.2 Å². The molecule has 0 bridgehead atoms. The van der Waals surface area contributed by atoms with Gasteiger partial charge in [-0.15, -0.1) is 0 Å². The van der Waals surface area contributed by atoms with E-state index in [2.05, 4.69) is 10.0 Å². The average Bonchev–Trinajstić information content (AvgIpc) is 2.67. The number of hydrogen-bond acceptors (Lipinski definition) is 3. The van der Waals surface area contributed by atoms with Gasteiger partial charge < -0.3 is 5.32 Å². The van der Waals surface area contributed by atoms with Crippen molar-refractivity contribution in [1.82, 2.24) is 14.3 Å². The summed E-state index contributed by atoms with van der Waals surface area (Å²) >= 11 is 0. The van der Waals surface area contributed by atoms with Crippen LogP contribution in [0.2, 0.25) is 0 Å². The lowest BCUT2D eigenvalue weighted by Gasteiger charge is -2.26. The zero-order chi connectivity index (χ0) is 14.4. The first-order chi connectivity index (χ1) is 9.58. The summed E-state index contributed by atoms with van der Waals surface area (Å²) in [6.45, 7) is 1.01. The van der Waals surface area contributed by atoms with Crippen molar-refractivity contribution in [2.75, 3.05) is 13.1 Å². The molecule has 0 aromatic rings. The highest BCUT2D eigenvalue weighted by Crippen LogP contribution is 2.17. The van der Waals surface area contributed by atoms with Crippen molar-refractivity contribution in [3.63, 3.8) is 0 Å². The van der Waals surface area contributed by atoms with Crippen molar-refractivity contribution in [3.8, 4) is 0 Å². The Morgan fingerprint density at radius 2 is 1.45 bits per heavy atom. The molecule has 0 spiro atoms. The number of rotatable bonds is 3. The fourth-order valence-corrected chi connectivity index (χ4v) is 4.09. The number of carbonyl (C=O) groups is 1. The maximum absolute atomic E-state index is 12.1. The number of piperidine rings is 1. The maximum atomic E-state index is 12.1. The van der Waals surface area contributed by atoms with E-state index in [-0.39, 0.29) is 6.04 Å². The second kappa shape index (κ2) is 7.26. The Balaban J connectivity index is 1.83. The molecule has 0 unspecified atom stereocenters. The SMILES string of the molecule is O=C(NC1CCCCCC1)NS(=O)(=O)N1CCCCC1. The van der Waals surface area contributed by atoms with Gasteiger partial charge in [0.2, 0.25) is 0 Å². The van der Waals surface area contributed by atoms with E-state index >= 15 is 0 Å². The van der Waals surface area contributed by atoms with E-state index in [0.717, 1.165) is 44.9 Å². The normalized spacial score (nSPS) is 23.0. The lowest BCUT2D eigenvalue weighted by Crippen LogP contribution is -2.50. The summed E-state index contributed by atoms with van der Waals surface area (Å²) in [6.07, 6.45) is 9.27. The molecular weight excluding hydrogens is 278 g/mol. The van der Waals surface area contributed by atoms with Crippen LogP contribution in [0.15, 0.2) is 0 Å². The van der Waals surface area contributed by atoms with Gasteiger partial charge in [-0.1, -0.05) is 32.1 Å². The summed E-state index contributed by atoms with van der Waals surface area (Å²) in [4.78, 5) is 11.9. The third-order valence-electron chi connectivity index (χ3n) is 4.07. The Morgan fingerprint density at radius 1 is 0.900 bits per heavy atom. The summed E-state index contributed by atoms with van der Waals surface area (Å²) in [5.74, 6) is 0. The average molecular weight is 303 g/mol. The van der Waals surface area contributed by atoms with Gasteiger partial charge in [-0.3, -0.25) is 0 Å². The molecule has 2 N–H and O–H groups in total. The lowest BCUT2D eigenvalue weighted by molar-refractivity contribution is 0.239. The smallest absolute Gasteiger partial charge is 0.329 e. The minimum atomic E-state index is -3.67. The van der Waals surface area contributed by atoms with E-state index in [0.29, 0.717) is 13.1 Å². The molecule has 20 heavy (non-hydrogen) atoms. The van der Waals surface area contributed by atoms with E-state index in [4.69, 9.17) is 0 Å². The quantitative estimate of drug-likeness (QED) is 0.780. The largest absolute Gasteiger partial charge is 0.335 e. The standard InChI is InChI=1S/C13H25N3O3S/c17-13(14-12-8-4-1-2-5-9-12)15-20(18,19)16-10-6-3-7-11-16/h12H,1-11H2,(H2,14,15,17). The predicted molar refractivity (Wildman–Crippen MR) is 77.5 cm³/mol. The molecule has 116 valence electrons. The molecule has 1 saturated heterocycles. The summed E-state index contributed by atoms with van der Waals surface area (Å²) < 4.78 is 27.6. The van der Waals surface area contributed by atoms with Crippen LogP contribution in [-0.2, 0) is 10.2 Å². The molecular formula is C13H25N3O3S. The van der Waals surface area contributed by atoms with Gasteiger partial charge in [0.15, 0.2) is 0 Å². The monoisotopic (exact) mass is 303 g/mol. The van der Waals surface area contributed by atoms with Gasteiger partial charge in [0.25, 0.3) is 0 Å². The van der Waals surface area contributed by atoms with Crippen molar-refractivity contribution in [2.24, 2.45) is 0 Å². The number of nitrogens with zero attached hydrogens (tertiary/aromatic N) is 1. The minimum Gasteiger partial charge on any atom is -0.335 e. The number of amides is 2. The first-order valence-corrected chi connectivity index (χ1v) is 9.10. The van der Waals surface area contributed by atoms with Gasteiger partial charge in [0.05, 0.1) is 0 Å². The van der Waals surface area contributed by atoms with Gasteiger partial charge >= 0.3 is 16.2 Å². The topological polar surface area (TPSA) is 78.5 Å².